The zero-order valence-corrected chi connectivity index (χ0v) is 8.86. The van der Waals surface area contributed by atoms with E-state index in [0.717, 1.165) is 11.3 Å². The molecule has 74 valence electrons. The molecule has 0 aliphatic rings. The molecule has 0 spiro atoms. The van der Waals surface area contributed by atoms with Crippen molar-refractivity contribution in [3.8, 4) is 0 Å². The Labute approximate surface area is 87.4 Å². The minimum atomic E-state index is 0.540. The van der Waals surface area contributed by atoms with Gasteiger partial charge in [0.15, 0.2) is 5.16 Å². The molecule has 0 bridgehead atoms. The van der Waals surface area contributed by atoms with Crippen molar-refractivity contribution in [1.29, 1.82) is 0 Å². The van der Waals surface area contributed by atoms with Crippen LogP contribution in [0.2, 0.25) is 0 Å². The van der Waals surface area contributed by atoms with Gasteiger partial charge in [-0.2, -0.15) is 0 Å². The molecule has 14 heavy (non-hydrogen) atoms. The smallest absolute Gasteiger partial charge is 0.184 e. The summed E-state index contributed by atoms with van der Waals surface area (Å²) in [6, 6.07) is 0. The first kappa shape index (κ1) is 10.6. The van der Waals surface area contributed by atoms with Gasteiger partial charge < -0.3 is 0 Å². The molecular formula is C8H11N5S. The average Bonchev–Trinajstić information content (AvgIpc) is 2.69. The van der Waals surface area contributed by atoms with Crippen LogP contribution in [0.4, 0.5) is 0 Å². The summed E-state index contributed by atoms with van der Waals surface area (Å²) in [6.45, 7) is 3.92. The van der Waals surface area contributed by atoms with E-state index in [2.05, 4.69) is 38.0 Å². The SMILES string of the molecule is Cc1cnc(S)nc1C.c1c[nH]nn1. The summed E-state index contributed by atoms with van der Waals surface area (Å²) in [6.07, 6.45) is 5.00. The summed E-state index contributed by atoms with van der Waals surface area (Å²) in [5.74, 6) is 0. The van der Waals surface area contributed by atoms with Crippen LogP contribution >= 0.6 is 12.6 Å². The third-order valence-electron chi connectivity index (χ3n) is 1.54. The van der Waals surface area contributed by atoms with Gasteiger partial charge in [0.1, 0.15) is 0 Å². The fourth-order valence-electron chi connectivity index (χ4n) is 0.682. The number of aryl methyl sites for hydroxylation is 2. The fraction of sp³-hybridized carbons (Fsp3) is 0.250. The van der Waals surface area contributed by atoms with Gasteiger partial charge in [-0.3, -0.25) is 5.10 Å². The number of rotatable bonds is 0. The van der Waals surface area contributed by atoms with Crippen LogP contribution in [0.1, 0.15) is 11.3 Å². The minimum absolute atomic E-state index is 0.540. The highest BCUT2D eigenvalue weighted by atomic mass is 32.1. The number of aromatic amines is 1. The summed E-state index contributed by atoms with van der Waals surface area (Å²) in [5, 5.41) is 9.80. The average molecular weight is 209 g/mol. The molecule has 0 amide bonds. The highest BCUT2D eigenvalue weighted by Gasteiger charge is 1.92. The first-order valence-corrected chi connectivity index (χ1v) is 4.44. The zero-order valence-electron chi connectivity index (χ0n) is 7.97. The maximum atomic E-state index is 4.03. The summed E-state index contributed by atoms with van der Waals surface area (Å²) in [4.78, 5) is 7.92. The van der Waals surface area contributed by atoms with Gasteiger partial charge in [-0.25, -0.2) is 9.97 Å². The van der Waals surface area contributed by atoms with Crippen LogP contribution in [-0.4, -0.2) is 25.4 Å². The Morgan fingerprint density at radius 1 is 1.36 bits per heavy atom. The van der Waals surface area contributed by atoms with Crippen LogP contribution in [-0.2, 0) is 0 Å². The lowest BCUT2D eigenvalue weighted by Crippen LogP contribution is -1.89. The molecule has 1 N–H and O–H groups in total. The number of thiol groups is 1. The van der Waals surface area contributed by atoms with Crippen molar-refractivity contribution in [3.63, 3.8) is 0 Å². The van der Waals surface area contributed by atoms with Crippen LogP contribution in [0, 0.1) is 13.8 Å². The molecule has 0 saturated heterocycles. The minimum Gasteiger partial charge on any atom is -0.266 e. The Bertz CT molecular complexity index is 356. The Hall–Kier alpha value is -1.43. The second kappa shape index (κ2) is 5.33. The lowest BCUT2D eigenvalue weighted by atomic mass is 10.3. The Morgan fingerprint density at radius 2 is 2.14 bits per heavy atom. The molecule has 2 rings (SSSR count). The second-order valence-electron chi connectivity index (χ2n) is 2.60. The van der Waals surface area contributed by atoms with E-state index < -0.39 is 0 Å². The van der Waals surface area contributed by atoms with E-state index in [1.54, 1.807) is 18.6 Å². The van der Waals surface area contributed by atoms with Gasteiger partial charge in [-0.05, 0) is 19.4 Å². The first-order valence-electron chi connectivity index (χ1n) is 4.00. The zero-order chi connectivity index (χ0) is 10.4. The Kier molecular flexibility index (Phi) is 4.06. The summed E-state index contributed by atoms with van der Waals surface area (Å²) in [7, 11) is 0. The Morgan fingerprint density at radius 3 is 2.50 bits per heavy atom. The normalized spacial score (nSPS) is 9.07. The lowest BCUT2D eigenvalue weighted by molar-refractivity contribution is 0.919. The molecule has 5 nitrogen and oxygen atoms in total. The van der Waals surface area contributed by atoms with Crippen molar-refractivity contribution in [3.05, 3.63) is 29.8 Å². The molecule has 0 aliphatic carbocycles. The van der Waals surface area contributed by atoms with E-state index in [0.29, 0.717) is 5.16 Å². The molecular weight excluding hydrogens is 198 g/mol. The largest absolute Gasteiger partial charge is 0.266 e. The van der Waals surface area contributed by atoms with Crippen molar-refractivity contribution in [2.45, 2.75) is 19.0 Å². The monoisotopic (exact) mass is 209 g/mol. The van der Waals surface area contributed by atoms with Gasteiger partial charge in [0, 0.05) is 18.1 Å². The van der Waals surface area contributed by atoms with Gasteiger partial charge in [-0.1, -0.05) is 5.21 Å². The number of H-pyrrole nitrogens is 1. The second-order valence-corrected chi connectivity index (χ2v) is 3.00. The topological polar surface area (TPSA) is 67.3 Å². The van der Waals surface area contributed by atoms with E-state index >= 15 is 0 Å². The number of hydrogen-bond acceptors (Lipinski definition) is 5. The summed E-state index contributed by atoms with van der Waals surface area (Å²) < 4.78 is 0. The molecule has 0 unspecified atom stereocenters. The quantitative estimate of drug-likeness (QED) is 0.505. The van der Waals surface area contributed by atoms with E-state index in [9.17, 15) is 0 Å². The van der Waals surface area contributed by atoms with Crippen LogP contribution in [0.15, 0.2) is 23.7 Å². The third kappa shape index (κ3) is 3.53. The molecule has 0 fully saturated rings. The van der Waals surface area contributed by atoms with Gasteiger partial charge in [-0.15, -0.1) is 17.7 Å². The molecule has 0 saturated carbocycles. The molecule has 0 atom stereocenters. The van der Waals surface area contributed by atoms with Gasteiger partial charge >= 0.3 is 0 Å². The molecule has 6 heteroatoms. The van der Waals surface area contributed by atoms with Crippen LogP contribution in [0.3, 0.4) is 0 Å². The van der Waals surface area contributed by atoms with Crippen molar-refractivity contribution in [2.24, 2.45) is 0 Å². The van der Waals surface area contributed by atoms with E-state index in [1.807, 2.05) is 13.8 Å². The van der Waals surface area contributed by atoms with E-state index in [4.69, 9.17) is 0 Å². The van der Waals surface area contributed by atoms with E-state index in [-0.39, 0.29) is 0 Å². The maximum Gasteiger partial charge on any atom is 0.184 e. The predicted octanol–water partition coefficient (Wildman–Crippen LogP) is 1.19. The molecule has 0 radical (unpaired) electrons. The number of hydrogen-bond donors (Lipinski definition) is 2. The van der Waals surface area contributed by atoms with Gasteiger partial charge in [0.05, 0.1) is 6.20 Å². The van der Waals surface area contributed by atoms with Crippen molar-refractivity contribution >= 4 is 12.6 Å². The highest BCUT2D eigenvalue weighted by molar-refractivity contribution is 7.80. The molecule has 2 aromatic heterocycles. The van der Waals surface area contributed by atoms with E-state index in [1.165, 1.54) is 0 Å². The molecule has 0 aromatic carbocycles. The van der Waals surface area contributed by atoms with Gasteiger partial charge in [0.2, 0.25) is 0 Å². The van der Waals surface area contributed by atoms with Crippen LogP contribution in [0.5, 0.6) is 0 Å². The standard InChI is InChI=1S/C6H8N2S.C2H3N3/c1-4-3-7-6(9)8-5(4)2;1-2-4-5-3-1/h3H,1-2H3,(H,7,8,9);1-2H,(H,3,4,5). The van der Waals surface area contributed by atoms with Crippen molar-refractivity contribution in [1.82, 2.24) is 25.4 Å². The van der Waals surface area contributed by atoms with Crippen LogP contribution in [0.25, 0.3) is 0 Å². The fourth-order valence-corrected chi connectivity index (χ4v) is 0.889. The van der Waals surface area contributed by atoms with Crippen molar-refractivity contribution < 1.29 is 0 Å². The predicted molar refractivity (Wildman–Crippen MR) is 55.1 cm³/mol. The Balaban J connectivity index is 0.000000165. The number of nitrogens with one attached hydrogen (secondary N) is 1. The third-order valence-corrected chi connectivity index (χ3v) is 1.76. The lowest BCUT2D eigenvalue weighted by Gasteiger charge is -1.95. The first-order chi connectivity index (χ1) is 6.70. The summed E-state index contributed by atoms with van der Waals surface area (Å²) in [5.41, 5.74) is 2.10. The molecule has 2 aromatic rings. The molecule has 2 heterocycles. The van der Waals surface area contributed by atoms with Crippen LogP contribution < -0.4 is 0 Å². The van der Waals surface area contributed by atoms with Gasteiger partial charge in [0.25, 0.3) is 0 Å². The summed E-state index contributed by atoms with van der Waals surface area (Å²) >= 11 is 3.98. The van der Waals surface area contributed by atoms with Crippen molar-refractivity contribution in [2.75, 3.05) is 0 Å². The number of nitrogens with zero attached hydrogens (tertiary/aromatic N) is 4. The molecule has 0 aliphatic heterocycles. The highest BCUT2D eigenvalue weighted by Crippen LogP contribution is 2.02. The maximum absolute atomic E-state index is 4.03. The number of aromatic nitrogens is 5.